The Morgan fingerprint density at radius 2 is 0.981 bits per heavy atom. The predicted molar refractivity (Wildman–Crippen MR) is 216 cm³/mol. The summed E-state index contributed by atoms with van der Waals surface area (Å²) < 4.78 is 2.38. The number of pyridine rings is 2. The highest BCUT2D eigenvalue weighted by Gasteiger charge is 2.36. The van der Waals surface area contributed by atoms with E-state index in [0.717, 1.165) is 22.5 Å². The van der Waals surface area contributed by atoms with Crippen LogP contribution in [0.3, 0.4) is 0 Å². The standard InChI is InChI=1S/C49H35N3/c1-49(2)43-29-35(32-15-17-33(18-16-32)37-21-25-46(51-31-37)45-13-8-9-27-50-45)19-23-39(43)40-24-20-36(30-44(40)49)34-22-26-48-42(28-34)41-12-6-7-14-47(41)52(48)38-10-4-3-5-11-38/h3-31H,1-2H3. The minimum absolute atomic E-state index is 0.134. The number of rotatable bonds is 5. The van der Waals surface area contributed by atoms with Crippen LogP contribution in [0.15, 0.2) is 176 Å². The van der Waals surface area contributed by atoms with Crippen molar-refractivity contribution < 1.29 is 0 Å². The highest BCUT2D eigenvalue weighted by atomic mass is 15.0. The molecule has 0 unspecified atom stereocenters. The predicted octanol–water partition coefficient (Wildman–Crippen LogP) is 12.5. The lowest BCUT2D eigenvalue weighted by molar-refractivity contribution is 0.661. The normalized spacial score (nSPS) is 13.0. The minimum atomic E-state index is -0.134. The lowest BCUT2D eigenvalue weighted by atomic mass is 9.80. The van der Waals surface area contributed by atoms with Gasteiger partial charge in [0.05, 0.1) is 22.4 Å². The Bertz CT molecular complexity index is 2780. The molecule has 0 saturated carbocycles. The van der Waals surface area contributed by atoms with Crippen molar-refractivity contribution in [3.8, 4) is 61.6 Å². The first-order valence-electron chi connectivity index (χ1n) is 17.9. The first-order chi connectivity index (χ1) is 25.5. The lowest BCUT2D eigenvalue weighted by Crippen LogP contribution is -2.15. The summed E-state index contributed by atoms with van der Waals surface area (Å²) in [5, 5.41) is 2.54. The fourth-order valence-electron chi connectivity index (χ4n) is 8.19. The molecule has 1 aliphatic carbocycles. The molecule has 1 aliphatic rings. The van der Waals surface area contributed by atoms with Gasteiger partial charge in [0.2, 0.25) is 0 Å². The highest BCUT2D eigenvalue weighted by Crippen LogP contribution is 2.51. The van der Waals surface area contributed by atoms with Crippen LogP contribution in [0.25, 0.3) is 83.4 Å². The Hall–Kier alpha value is -6.58. The molecule has 0 radical (unpaired) electrons. The van der Waals surface area contributed by atoms with Gasteiger partial charge in [-0.25, -0.2) is 0 Å². The molecule has 9 aromatic rings. The molecule has 52 heavy (non-hydrogen) atoms. The first kappa shape index (κ1) is 30.3. The van der Waals surface area contributed by atoms with Crippen LogP contribution in [0.2, 0.25) is 0 Å². The maximum absolute atomic E-state index is 4.68. The third-order valence-corrected chi connectivity index (χ3v) is 10.9. The Labute approximate surface area is 303 Å². The van der Waals surface area contributed by atoms with Gasteiger partial charge in [0.1, 0.15) is 0 Å². The van der Waals surface area contributed by atoms with E-state index < -0.39 is 0 Å². The molecule has 0 bridgehead atoms. The SMILES string of the molecule is CC1(C)c2cc(-c3ccc(-c4ccc(-c5ccccn5)nc4)cc3)ccc2-c2ccc(-c3ccc4c(c3)c3ccccc3n4-c3ccccc3)cc21. The van der Waals surface area contributed by atoms with Crippen molar-refractivity contribution in [2.75, 3.05) is 0 Å². The molecule has 10 rings (SSSR count). The lowest BCUT2D eigenvalue weighted by Gasteiger charge is -2.22. The van der Waals surface area contributed by atoms with Gasteiger partial charge in [-0.05, 0) is 111 Å². The van der Waals surface area contributed by atoms with E-state index in [1.54, 1.807) is 6.20 Å². The summed E-state index contributed by atoms with van der Waals surface area (Å²) in [4.78, 5) is 9.11. The van der Waals surface area contributed by atoms with E-state index in [0.29, 0.717) is 0 Å². The molecule has 0 amide bonds. The Morgan fingerprint density at radius 3 is 1.67 bits per heavy atom. The van der Waals surface area contributed by atoms with Gasteiger partial charge in [-0.15, -0.1) is 0 Å². The number of aromatic nitrogens is 3. The summed E-state index contributed by atoms with van der Waals surface area (Å²) >= 11 is 0. The zero-order valence-electron chi connectivity index (χ0n) is 29.1. The molecule has 0 aliphatic heterocycles. The zero-order chi connectivity index (χ0) is 34.8. The number of nitrogens with zero attached hydrogens (tertiary/aromatic N) is 3. The van der Waals surface area contributed by atoms with Crippen LogP contribution < -0.4 is 0 Å². The molecule has 0 atom stereocenters. The Morgan fingerprint density at radius 1 is 0.423 bits per heavy atom. The summed E-state index contributed by atoms with van der Waals surface area (Å²) in [6.45, 7) is 4.74. The maximum Gasteiger partial charge on any atom is 0.0886 e. The van der Waals surface area contributed by atoms with Gasteiger partial charge < -0.3 is 4.57 Å². The molecule has 0 saturated heterocycles. The van der Waals surface area contributed by atoms with Gasteiger partial charge in [0.15, 0.2) is 0 Å². The van der Waals surface area contributed by atoms with E-state index in [1.165, 1.54) is 72.0 Å². The Kier molecular flexibility index (Phi) is 6.84. The molecule has 0 spiro atoms. The van der Waals surface area contributed by atoms with E-state index in [2.05, 4.69) is 168 Å². The van der Waals surface area contributed by atoms with E-state index in [-0.39, 0.29) is 5.41 Å². The average molecular weight is 666 g/mol. The monoisotopic (exact) mass is 665 g/mol. The summed E-state index contributed by atoms with van der Waals surface area (Å²) in [5.74, 6) is 0. The van der Waals surface area contributed by atoms with Crippen LogP contribution in [0, 0.1) is 0 Å². The summed E-state index contributed by atoms with van der Waals surface area (Å²) in [5.41, 5.74) is 17.8. The molecular weight excluding hydrogens is 631 g/mol. The van der Waals surface area contributed by atoms with Gasteiger partial charge in [0.25, 0.3) is 0 Å². The molecular formula is C49H35N3. The smallest absolute Gasteiger partial charge is 0.0886 e. The third-order valence-electron chi connectivity index (χ3n) is 10.9. The fraction of sp³-hybridized carbons (Fsp3) is 0.0612. The van der Waals surface area contributed by atoms with Gasteiger partial charge >= 0.3 is 0 Å². The van der Waals surface area contributed by atoms with E-state index in [9.17, 15) is 0 Å². The second kappa shape index (κ2) is 11.8. The summed E-state index contributed by atoms with van der Waals surface area (Å²) in [6, 6.07) is 59.3. The summed E-state index contributed by atoms with van der Waals surface area (Å²) in [7, 11) is 0. The molecule has 3 nitrogen and oxygen atoms in total. The second-order valence-corrected chi connectivity index (χ2v) is 14.3. The zero-order valence-corrected chi connectivity index (χ0v) is 29.1. The van der Waals surface area contributed by atoms with Gasteiger partial charge in [-0.1, -0.05) is 117 Å². The topological polar surface area (TPSA) is 30.7 Å². The number of para-hydroxylation sites is 2. The van der Waals surface area contributed by atoms with Crippen molar-refractivity contribution in [1.29, 1.82) is 0 Å². The first-order valence-corrected chi connectivity index (χ1v) is 17.9. The minimum Gasteiger partial charge on any atom is -0.309 e. The Balaban J connectivity index is 0.965. The fourth-order valence-corrected chi connectivity index (χ4v) is 8.19. The second-order valence-electron chi connectivity index (χ2n) is 14.3. The molecule has 6 aromatic carbocycles. The molecule has 0 fully saturated rings. The quantitative estimate of drug-likeness (QED) is 0.183. The van der Waals surface area contributed by atoms with Crippen LogP contribution in [0.4, 0.5) is 0 Å². The van der Waals surface area contributed by atoms with Gasteiger partial charge in [-0.3, -0.25) is 9.97 Å². The molecule has 0 N–H and O–H groups in total. The van der Waals surface area contributed by atoms with Gasteiger partial charge in [0, 0.05) is 39.8 Å². The van der Waals surface area contributed by atoms with Crippen LogP contribution in [-0.4, -0.2) is 14.5 Å². The van der Waals surface area contributed by atoms with E-state index >= 15 is 0 Å². The van der Waals surface area contributed by atoms with E-state index in [4.69, 9.17) is 0 Å². The van der Waals surface area contributed by atoms with Crippen LogP contribution >= 0.6 is 0 Å². The van der Waals surface area contributed by atoms with Crippen molar-refractivity contribution in [3.63, 3.8) is 0 Å². The van der Waals surface area contributed by atoms with E-state index in [1.807, 2.05) is 30.5 Å². The van der Waals surface area contributed by atoms with Gasteiger partial charge in [-0.2, -0.15) is 0 Å². The van der Waals surface area contributed by atoms with Crippen LogP contribution in [0.5, 0.6) is 0 Å². The number of benzene rings is 6. The molecule has 3 aromatic heterocycles. The maximum atomic E-state index is 4.68. The molecule has 246 valence electrons. The van der Waals surface area contributed by atoms with Crippen molar-refractivity contribution in [2.24, 2.45) is 0 Å². The average Bonchev–Trinajstić information content (AvgIpc) is 3.66. The van der Waals surface area contributed by atoms with Crippen LogP contribution in [0.1, 0.15) is 25.0 Å². The highest BCUT2D eigenvalue weighted by molar-refractivity contribution is 6.10. The number of hydrogen-bond donors (Lipinski definition) is 0. The van der Waals surface area contributed by atoms with Crippen molar-refractivity contribution in [1.82, 2.24) is 14.5 Å². The third kappa shape index (κ3) is 4.81. The molecule has 3 heterocycles. The summed E-state index contributed by atoms with van der Waals surface area (Å²) in [6.07, 6.45) is 3.73. The number of fused-ring (bicyclic) bond motifs is 6. The van der Waals surface area contributed by atoms with Crippen molar-refractivity contribution >= 4 is 21.8 Å². The van der Waals surface area contributed by atoms with Crippen molar-refractivity contribution in [2.45, 2.75) is 19.3 Å². The van der Waals surface area contributed by atoms with Crippen LogP contribution in [-0.2, 0) is 5.41 Å². The molecule has 3 heteroatoms. The van der Waals surface area contributed by atoms with Crippen molar-refractivity contribution in [3.05, 3.63) is 187 Å². The largest absolute Gasteiger partial charge is 0.309 e. The number of hydrogen-bond acceptors (Lipinski definition) is 2.